The third-order valence-corrected chi connectivity index (χ3v) is 6.86. The first-order valence-corrected chi connectivity index (χ1v) is 12.2. The molecule has 0 amide bonds. The van der Waals surface area contributed by atoms with Crippen LogP contribution in [0, 0.1) is 11.1 Å². The molecule has 1 atom stereocenters. The van der Waals surface area contributed by atoms with Gasteiger partial charge in [-0.05, 0) is 47.0 Å². The topological polar surface area (TPSA) is 123 Å². The molecule has 1 aromatic carbocycles. The molecular weight excluding hydrogens is 494 g/mol. The molecule has 6 rings (SSSR count). The number of nitrogens with zero attached hydrogens (tertiary/aromatic N) is 9. The van der Waals surface area contributed by atoms with Crippen LogP contribution in [0.1, 0.15) is 31.0 Å². The van der Waals surface area contributed by atoms with Crippen molar-refractivity contribution in [2.45, 2.75) is 25.3 Å². The number of benzene rings is 1. The Kier molecular flexibility index (Phi) is 5.76. The van der Waals surface area contributed by atoms with Gasteiger partial charge in [0.2, 0.25) is 5.69 Å². The predicted molar refractivity (Wildman–Crippen MR) is 135 cm³/mol. The van der Waals surface area contributed by atoms with Crippen LogP contribution in [0.25, 0.3) is 27.9 Å². The molecule has 5 aromatic rings. The van der Waals surface area contributed by atoms with Crippen LogP contribution in [0.3, 0.4) is 0 Å². The van der Waals surface area contributed by atoms with E-state index >= 15 is 0 Å². The second kappa shape index (κ2) is 9.25. The summed E-state index contributed by atoms with van der Waals surface area (Å²) in [4.78, 5) is 12.1. The second-order valence-electron chi connectivity index (χ2n) is 9.19. The normalized spacial score (nSPS) is 14.1. The Morgan fingerprint density at radius 2 is 1.95 bits per heavy atom. The first kappa shape index (κ1) is 23.0. The first-order chi connectivity index (χ1) is 18.0. The standard InChI is InChI=1S/C25H22ClN9O2/c1-32-25(36)9-18(11-28-32)19-12-29-33(13-19)24(8-16-2-3-16)23-6-4-17(14-35(23)37)21-10-20(26)5-7-22(21)34-15-27-30-31-34/h4-7,9-16,24H,2-3,8H2,1H3. The minimum Gasteiger partial charge on any atom is -0.618 e. The van der Waals surface area contributed by atoms with Gasteiger partial charge in [0, 0.05) is 52.7 Å². The minimum atomic E-state index is -0.259. The zero-order valence-electron chi connectivity index (χ0n) is 19.8. The highest BCUT2D eigenvalue weighted by Crippen LogP contribution is 2.39. The average Bonchev–Trinajstić information content (AvgIpc) is 3.33. The van der Waals surface area contributed by atoms with E-state index in [1.807, 2.05) is 24.4 Å². The van der Waals surface area contributed by atoms with Gasteiger partial charge in [-0.2, -0.15) is 19.6 Å². The third-order valence-electron chi connectivity index (χ3n) is 6.63. The molecule has 4 aromatic heterocycles. The van der Waals surface area contributed by atoms with Crippen LogP contribution in [0.2, 0.25) is 5.02 Å². The fraction of sp³-hybridized carbons (Fsp3) is 0.240. The molecule has 11 nitrogen and oxygen atoms in total. The van der Waals surface area contributed by atoms with Gasteiger partial charge < -0.3 is 5.21 Å². The van der Waals surface area contributed by atoms with Crippen LogP contribution in [0.5, 0.6) is 0 Å². The van der Waals surface area contributed by atoms with Gasteiger partial charge in [0.1, 0.15) is 12.4 Å². The lowest BCUT2D eigenvalue weighted by Crippen LogP contribution is -2.35. The molecular formula is C25H22ClN9O2. The molecule has 37 heavy (non-hydrogen) atoms. The van der Waals surface area contributed by atoms with Crippen molar-refractivity contribution in [2.24, 2.45) is 13.0 Å². The van der Waals surface area contributed by atoms with Gasteiger partial charge in [-0.25, -0.2) is 4.68 Å². The highest BCUT2D eigenvalue weighted by atomic mass is 35.5. The number of aryl methyl sites for hydroxylation is 1. The van der Waals surface area contributed by atoms with Crippen molar-refractivity contribution >= 4 is 11.6 Å². The molecule has 0 saturated heterocycles. The van der Waals surface area contributed by atoms with Crippen molar-refractivity contribution in [3.8, 4) is 27.9 Å². The summed E-state index contributed by atoms with van der Waals surface area (Å²) in [5.41, 5.74) is 3.95. The monoisotopic (exact) mass is 515 g/mol. The van der Waals surface area contributed by atoms with Gasteiger partial charge >= 0.3 is 0 Å². The van der Waals surface area contributed by atoms with Crippen molar-refractivity contribution in [1.82, 2.24) is 39.8 Å². The van der Waals surface area contributed by atoms with Gasteiger partial charge in [0.15, 0.2) is 6.20 Å². The Labute approximate surface area is 216 Å². The SMILES string of the molecule is Cn1ncc(-c2cnn(C(CC3CC3)c3ccc(-c4cc(Cl)ccc4-n4cnnn4)c[n+]3[O-])c2)cc1=O. The smallest absolute Gasteiger partial charge is 0.267 e. The molecule has 1 aliphatic rings. The number of hydrogen-bond donors (Lipinski definition) is 0. The molecule has 186 valence electrons. The first-order valence-electron chi connectivity index (χ1n) is 11.8. The summed E-state index contributed by atoms with van der Waals surface area (Å²) in [7, 11) is 1.60. The molecule has 0 N–H and O–H groups in total. The Bertz CT molecular complexity index is 1640. The van der Waals surface area contributed by atoms with E-state index in [0.29, 0.717) is 33.4 Å². The third kappa shape index (κ3) is 4.60. The molecule has 12 heteroatoms. The molecule has 1 saturated carbocycles. The van der Waals surface area contributed by atoms with Gasteiger partial charge in [-0.15, -0.1) is 5.10 Å². The van der Waals surface area contributed by atoms with Crippen LogP contribution in [0.15, 0.2) is 72.3 Å². The highest BCUT2D eigenvalue weighted by Gasteiger charge is 2.32. The summed E-state index contributed by atoms with van der Waals surface area (Å²) in [6.45, 7) is 0. The number of aromatic nitrogens is 9. The lowest BCUT2D eigenvalue weighted by atomic mass is 10.0. The highest BCUT2D eigenvalue weighted by molar-refractivity contribution is 6.31. The summed E-state index contributed by atoms with van der Waals surface area (Å²) in [6.07, 6.45) is 11.3. The minimum absolute atomic E-state index is 0.199. The van der Waals surface area contributed by atoms with Gasteiger partial charge in [0.25, 0.3) is 5.56 Å². The average molecular weight is 516 g/mol. The van der Waals surface area contributed by atoms with Crippen molar-refractivity contribution in [3.63, 3.8) is 0 Å². The number of pyridine rings is 1. The lowest BCUT2D eigenvalue weighted by molar-refractivity contribution is -0.615. The number of halogens is 1. The maximum absolute atomic E-state index is 13.4. The van der Waals surface area contributed by atoms with Crippen LogP contribution in [-0.4, -0.2) is 39.8 Å². The molecule has 0 bridgehead atoms. The summed E-state index contributed by atoms with van der Waals surface area (Å²) in [6, 6.07) is 10.3. The van der Waals surface area contributed by atoms with E-state index in [9.17, 15) is 10.0 Å². The predicted octanol–water partition coefficient (Wildman–Crippen LogP) is 2.96. The number of rotatable bonds is 7. The number of tetrazole rings is 1. The largest absolute Gasteiger partial charge is 0.618 e. The van der Waals surface area contributed by atoms with Crippen LogP contribution in [0.4, 0.5) is 0 Å². The van der Waals surface area contributed by atoms with Crippen molar-refractivity contribution in [3.05, 3.63) is 93.8 Å². The Morgan fingerprint density at radius 3 is 2.68 bits per heavy atom. The fourth-order valence-electron chi connectivity index (χ4n) is 4.44. The van der Waals surface area contributed by atoms with E-state index in [-0.39, 0.29) is 11.6 Å². The van der Waals surface area contributed by atoms with Crippen molar-refractivity contribution < 1.29 is 4.73 Å². The van der Waals surface area contributed by atoms with Crippen LogP contribution in [-0.2, 0) is 7.05 Å². The van der Waals surface area contributed by atoms with Crippen LogP contribution < -0.4 is 10.3 Å². The van der Waals surface area contributed by atoms with Gasteiger partial charge in [0.05, 0.1) is 18.1 Å². The Balaban J connectivity index is 1.37. The van der Waals surface area contributed by atoms with Gasteiger partial charge in [-0.1, -0.05) is 24.4 Å². The molecule has 0 spiro atoms. The van der Waals surface area contributed by atoms with Crippen molar-refractivity contribution in [1.29, 1.82) is 0 Å². The molecule has 0 radical (unpaired) electrons. The van der Waals surface area contributed by atoms with Crippen molar-refractivity contribution in [2.75, 3.05) is 0 Å². The summed E-state index contributed by atoms with van der Waals surface area (Å²) in [5, 5.41) is 34.0. The fourth-order valence-corrected chi connectivity index (χ4v) is 4.61. The zero-order valence-corrected chi connectivity index (χ0v) is 20.6. The molecule has 4 heterocycles. The van der Waals surface area contributed by atoms with E-state index in [4.69, 9.17) is 11.6 Å². The quantitative estimate of drug-likeness (QED) is 0.241. The lowest BCUT2D eigenvalue weighted by Gasteiger charge is -2.18. The Hall–Kier alpha value is -4.38. The summed E-state index contributed by atoms with van der Waals surface area (Å²) < 4.78 is 5.51. The van der Waals surface area contributed by atoms with E-state index in [1.54, 1.807) is 42.5 Å². The van der Waals surface area contributed by atoms with E-state index in [1.165, 1.54) is 21.8 Å². The van der Waals surface area contributed by atoms with Gasteiger partial charge in [-0.3, -0.25) is 9.48 Å². The zero-order chi connectivity index (χ0) is 25.5. The van der Waals surface area contributed by atoms with E-state index < -0.39 is 0 Å². The van der Waals surface area contributed by atoms with Crippen LogP contribution >= 0.6 is 11.6 Å². The second-order valence-corrected chi connectivity index (χ2v) is 9.63. The molecule has 1 aliphatic carbocycles. The molecule has 0 aliphatic heterocycles. The summed E-state index contributed by atoms with van der Waals surface area (Å²) in [5.74, 6) is 0.544. The van der Waals surface area contributed by atoms with E-state index in [0.717, 1.165) is 35.1 Å². The summed E-state index contributed by atoms with van der Waals surface area (Å²) >= 11 is 6.28. The molecule has 1 unspecified atom stereocenters. The van der Waals surface area contributed by atoms with E-state index in [2.05, 4.69) is 25.7 Å². The number of hydrogen-bond acceptors (Lipinski definition) is 7. The Morgan fingerprint density at radius 1 is 1.11 bits per heavy atom. The maximum Gasteiger partial charge on any atom is 0.267 e. The molecule has 1 fully saturated rings. The maximum atomic E-state index is 13.4.